The Kier molecular flexibility index (Phi) is 2.42. The molecule has 0 amide bonds. The molecule has 0 aromatic carbocycles. The zero-order valence-corrected chi connectivity index (χ0v) is 8.47. The largest absolute Gasteiger partial charge is 0.384 e. The van der Waals surface area contributed by atoms with Crippen molar-refractivity contribution in [1.82, 2.24) is 14.6 Å². The van der Waals surface area contributed by atoms with E-state index in [-0.39, 0.29) is 0 Å². The van der Waals surface area contributed by atoms with E-state index in [1.807, 2.05) is 0 Å². The van der Waals surface area contributed by atoms with E-state index in [9.17, 15) is 0 Å². The van der Waals surface area contributed by atoms with Crippen LogP contribution in [0.15, 0.2) is 12.1 Å². The van der Waals surface area contributed by atoms with E-state index in [4.69, 9.17) is 16.2 Å². The Morgan fingerprint density at radius 2 is 2.20 bits per heavy atom. The zero-order chi connectivity index (χ0) is 10.8. The van der Waals surface area contributed by atoms with Gasteiger partial charge in [0.2, 0.25) is 0 Å². The van der Waals surface area contributed by atoms with Gasteiger partial charge in [-0.2, -0.15) is 0 Å². The summed E-state index contributed by atoms with van der Waals surface area (Å²) in [5, 5.41) is 4.15. The molecule has 0 bridgehead atoms. The average Bonchev–Trinajstić information content (AvgIpc) is 2.51. The second-order valence-corrected chi connectivity index (χ2v) is 3.21. The lowest BCUT2D eigenvalue weighted by molar-refractivity contribution is 0.201. The molecule has 2 aromatic rings. The van der Waals surface area contributed by atoms with Gasteiger partial charge in [-0.05, 0) is 12.1 Å². The summed E-state index contributed by atoms with van der Waals surface area (Å²) in [7, 11) is 1.64. The van der Waals surface area contributed by atoms with Gasteiger partial charge < -0.3 is 16.2 Å². The number of anilines is 2. The Labute approximate surface area is 86.8 Å². The van der Waals surface area contributed by atoms with Gasteiger partial charge in [0.05, 0.1) is 12.3 Å². The van der Waals surface area contributed by atoms with Gasteiger partial charge in [0.15, 0.2) is 5.65 Å². The maximum atomic E-state index is 5.78. The molecule has 0 aliphatic carbocycles. The minimum absolute atomic E-state index is 0.443. The van der Waals surface area contributed by atoms with Gasteiger partial charge in [-0.1, -0.05) is 0 Å². The van der Waals surface area contributed by atoms with Crippen molar-refractivity contribution in [3.8, 4) is 0 Å². The van der Waals surface area contributed by atoms with Crippen molar-refractivity contribution in [2.75, 3.05) is 25.2 Å². The fourth-order valence-corrected chi connectivity index (χ4v) is 1.44. The summed E-state index contributed by atoms with van der Waals surface area (Å²) in [5.41, 5.74) is 12.9. The van der Waals surface area contributed by atoms with E-state index in [0.717, 1.165) is 5.69 Å². The topological polar surface area (TPSA) is 91.5 Å². The second kappa shape index (κ2) is 3.74. The second-order valence-electron chi connectivity index (χ2n) is 3.21. The summed E-state index contributed by atoms with van der Waals surface area (Å²) in [6, 6.07) is 3.48. The van der Waals surface area contributed by atoms with Crippen molar-refractivity contribution in [2.24, 2.45) is 0 Å². The highest BCUT2D eigenvalue weighted by Crippen LogP contribution is 2.14. The quantitative estimate of drug-likeness (QED) is 0.743. The van der Waals surface area contributed by atoms with Gasteiger partial charge in [0.25, 0.3) is 0 Å². The molecule has 6 heteroatoms. The molecule has 0 unspecified atom stereocenters. The number of ether oxygens (including phenoxy) is 1. The Balaban J connectivity index is 2.50. The molecule has 0 radical (unpaired) electrons. The summed E-state index contributed by atoms with van der Waals surface area (Å²) >= 11 is 0. The first-order valence-electron chi connectivity index (χ1n) is 4.61. The molecule has 0 aliphatic rings. The number of nitrogens with two attached hydrogens (primary N) is 2. The Morgan fingerprint density at radius 1 is 1.40 bits per heavy atom. The molecule has 6 nitrogen and oxygen atoms in total. The van der Waals surface area contributed by atoms with Crippen molar-refractivity contribution in [3.63, 3.8) is 0 Å². The van der Waals surface area contributed by atoms with E-state index in [1.165, 1.54) is 0 Å². The molecule has 15 heavy (non-hydrogen) atoms. The first kappa shape index (κ1) is 9.72. The monoisotopic (exact) mass is 207 g/mol. The van der Waals surface area contributed by atoms with E-state index in [0.29, 0.717) is 30.3 Å². The molecule has 80 valence electrons. The van der Waals surface area contributed by atoms with Crippen LogP contribution in [0.3, 0.4) is 0 Å². The molecular formula is C9H13N5O. The summed E-state index contributed by atoms with van der Waals surface area (Å²) in [5.74, 6) is 0.920. The molecule has 4 N–H and O–H groups in total. The van der Waals surface area contributed by atoms with Crippen molar-refractivity contribution in [2.45, 2.75) is 6.42 Å². The van der Waals surface area contributed by atoms with E-state index in [2.05, 4.69) is 10.1 Å². The number of hydrogen-bond donors (Lipinski definition) is 2. The normalized spacial score (nSPS) is 11.0. The van der Waals surface area contributed by atoms with Crippen LogP contribution in [0, 0.1) is 0 Å². The molecule has 0 aliphatic heterocycles. The standard InChI is InChI=1S/C9H13N5O/c1-15-5-4-6-9(11)12-8-3-2-7(10)13-14(6)8/h2-3H,4-5,11H2,1H3,(H2,10,13). The molecule has 0 atom stereocenters. The molecule has 0 saturated carbocycles. The van der Waals surface area contributed by atoms with Crippen molar-refractivity contribution in [3.05, 3.63) is 17.8 Å². The highest BCUT2D eigenvalue weighted by Gasteiger charge is 2.10. The van der Waals surface area contributed by atoms with E-state index >= 15 is 0 Å². The van der Waals surface area contributed by atoms with Crippen molar-refractivity contribution in [1.29, 1.82) is 0 Å². The zero-order valence-electron chi connectivity index (χ0n) is 8.47. The highest BCUT2D eigenvalue weighted by atomic mass is 16.5. The molecule has 0 spiro atoms. The van der Waals surface area contributed by atoms with Gasteiger partial charge in [0.1, 0.15) is 11.6 Å². The number of fused-ring (bicyclic) bond motifs is 1. The lowest BCUT2D eigenvalue weighted by atomic mass is 10.3. The maximum absolute atomic E-state index is 5.78. The molecule has 2 heterocycles. The van der Waals surface area contributed by atoms with E-state index in [1.54, 1.807) is 23.8 Å². The number of nitrogens with zero attached hydrogens (tertiary/aromatic N) is 3. The van der Waals surface area contributed by atoms with Gasteiger partial charge in [-0.25, -0.2) is 9.50 Å². The smallest absolute Gasteiger partial charge is 0.156 e. The summed E-state index contributed by atoms with van der Waals surface area (Å²) in [6.45, 7) is 0.578. The number of nitrogen functional groups attached to an aromatic ring is 2. The predicted molar refractivity (Wildman–Crippen MR) is 57.4 cm³/mol. The van der Waals surface area contributed by atoms with Crippen LogP contribution in [0.25, 0.3) is 5.65 Å². The van der Waals surface area contributed by atoms with Gasteiger partial charge in [-0.3, -0.25) is 0 Å². The summed E-state index contributed by atoms with van der Waals surface area (Å²) in [4.78, 5) is 4.17. The molecule has 2 rings (SSSR count). The third-order valence-corrected chi connectivity index (χ3v) is 2.16. The summed E-state index contributed by atoms with van der Waals surface area (Å²) < 4.78 is 6.65. The van der Waals surface area contributed by atoms with Crippen molar-refractivity contribution < 1.29 is 4.74 Å². The van der Waals surface area contributed by atoms with Gasteiger partial charge in [0, 0.05) is 13.5 Å². The first-order valence-corrected chi connectivity index (χ1v) is 4.61. The number of aromatic nitrogens is 3. The van der Waals surface area contributed by atoms with Crippen LogP contribution in [-0.2, 0) is 11.2 Å². The first-order chi connectivity index (χ1) is 7.22. The van der Waals surface area contributed by atoms with Crippen LogP contribution in [0.2, 0.25) is 0 Å². The minimum atomic E-state index is 0.443. The lowest BCUT2D eigenvalue weighted by Crippen LogP contribution is -2.05. The Bertz CT molecular complexity index is 479. The fourth-order valence-electron chi connectivity index (χ4n) is 1.44. The Hall–Kier alpha value is -1.82. The third kappa shape index (κ3) is 1.71. The number of imidazole rings is 1. The number of hydrogen-bond acceptors (Lipinski definition) is 5. The molecule has 2 aromatic heterocycles. The maximum Gasteiger partial charge on any atom is 0.156 e. The van der Waals surface area contributed by atoms with Crippen LogP contribution in [0.1, 0.15) is 5.69 Å². The van der Waals surface area contributed by atoms with Crippen molar-refractivity contribution >= 4 is 17.3 Å². The summed E-state index contributed by atoms with van der Waals surface area (Å²) in [6.07, 6.45) is 0.667. The highest BCUT2D eigenvalue weighted by molar-refractivity contribution is 5.52. The lowest BCUT2D eigenvalue weighted by Gasteiger charge is -2.01. The predicted octanol–water partition coefficient (Wildman–Crippen LogP) is 0.0826. The SMILES string of the molecule is COCCc1c(N)nc2ccc(N)nn12. The van der Waals surface area contributed by atoms with Crippen LogP contribution >= 0.6 is 0 Å². The molecular weight excluding hydrogens is 194 g/mol. The average molecular weight is 207 g/mol. The van der Waals surface area contributed by atoms with Gasteiger partial charge >= 0.3 is 0 Å². The number of rotatable bonds is 3. The third-order valence-electron chi connectivity index (χ3n) is 2.16. The fraction of sp³-hybridized carbons (Fsp3) is 0.333. The van der Waals surface area contributed by atoms with Gasteiger partial charge in [-0.15, -0.1) is 5.10 Å². The minimum Gasteiger partial charge on any atom is -0.384 e. The molecule has 0 saturated heterocycles. The molecule has 0 fully saturated rings. The Morgan fingerprint density at radius 3 is 2.93 bits per heavy atom. The number of methoxy groups -OCH3 is 1. The van der Waals surface area contributed by atoms with E-state index < -0.39 is 0 Å². The van der Waals surface area contributed by atoms with Crippen LogP contribution in [0.4, 0.5) is 11.6 Å². The van der Waals surface area contributed by atoms with Crippen LogP contribution in [0.5, 0.6) is 0 Å². The van der Waals surface area contributed by atoms with Crippen LogP contribution in [-0.4, -0.2) is 28.3 Å². The van der Waals surface area contributed by atoms with Crippen LogP contribution < -0.4 is 11.5 Å².